The van der Waals surface area contributed by atoms with Gasteiger partial charge in [0.2, 0.25) is 6.79 Å². The summed E-state index contributed by atoms with van der Waals surface area (Å²) in [5.41, 5.74) is 3.85. The highest BCUT2D eigenvalue weighted by Gasteiger charge is 2.22. The third-order valence-electron chi connectivity index (χ3n) is 6.23. The van der Waals surface area contributed by atoms with Gasteiger partial charge in [-0.2, -0.15) is 0 Å². The molecular weight excluding hydrogens is 430 g/mol. The molecule has 0 radical (unpaired) electrons. The predicted molar refractivity (Wildman–Crippen MR) is 131 cm³/mol. The van der Waals surface area contributed by atoms with Crippen molar-refractivity contribution in [2.45, 2.75) is 26.2 Å². The van der Waals surface area contributed by atoms with Crippen molar-refractivity contribution in [2.75, 3.05) is 43.2 Å². The van der Waals surface area contributed by atoms with Gasteiger partial charge in [0.25, 0.3) is 0 Å². The van der Waals surface area contributed by atoms with Crippen LogP contribution in [0.15, 0.2) is 54.6 Å². The zero-order valence-corrected chi connectivity index (χ0v) is 19.4. The maximum Gasteiger partial charge on any atom is 0.321 e. The van der Waals surface area contributed by atoms with Crippen LogP contribution in [0.2, 0.25) is 0 Å². The Morgan fingerprint density at radius 2 is 1.74 bits per heavy atom. The fraction of sp³-hybridized carbons (Fsp3) is 0.346. The number of urea groups is 1. The zero-order chi connectivity index (χ0) is 23.3. The lowest BCUT2D eigenvalue weighted by Crippen LogP contribution is -2.50. The van der Waals surface area contributed by atoms with Gasteiger partial charge in [-0.3, -0.25) is 0 Å². The lowest BCUT2D eigenvalue weighted by Gasteiger charge is -2.35. The average molecular weight is 460 g/mol. The first-order valence-electron chi connectivity index (χ1n) is 11.8. The molecule has 2 amide bonds. The number of aryl methyl sites for hydroxylation is 1. The Bertz CT molecular complexity index is 1130. The predicted octanol–water partition coefficient (Wildman–Crippen LogP) is 4.57. The van der Waals surface area contributed by atoms with E-state index >= 15 is 0 Å². The van der Waals surface area contributed by atoms with Crippen LogP contribution in [-0.4, -0.2) is 54.1 Å². The summed E-state index contributed by atoms with van der Waals surface area (Å²) < 4.78 is 10.8. The molecule has 0 saturated carbocycles. The van der Waals surface area contributed by atoms with Crippen LogP contribution >= 0.6 is 0 Å². The van der Waals surface area contributed by atoms with E-state index in [9.17, 15) is 4.79 Å². The summed E-state index contributed by atoms with van der Waals surface area (Å²) in [6.07, 6.45) is 3.44. The second-order valence-electron chi connectivity index (χ2n) is 8.55. The Kier molecular flexibility index (Phi) is 6.46. The molecule has 0 bridgehead atoms. The molecule has 3 aromatic rings. The number of nitrogens with zero attached hydrogens (tertiary/aromatic N) is 4. The third-order valence-corrected chi connectivity index (χ3v) is 6.23. The van der Waals surface area contributed by atoms with Crippen molar-refractivity contribution < 1.29 is 14.3 Å². The highest BCUT2D eigenvalue weighted by molar-refractivity contribution is 5.89. The second kappa shape index (κ2) is 9.99. The number of nitrogens with one attached hydrogen (secondary N) is 1. The van der Waals surface area contributed by atoms with E-state index in [2.05, 4.69) is 39.5 Å². The molecule has 8 heteroatoms. The van der Waals surface area contributed by atoms with Gasteiger partial charge in [-0.05, 0) is 60.9 Å². The van der Waals surface area contributed by atoms with E-state index in [1.165, 1.54) is 18.4 Å². The fourth-order valence-electron chi connectivity index (χ4n) is 4.18. The monoisotopic (exact) mass is 459 g/mol. The van der Waals surface area contributed by atoms with Crippen molar-refractivity contribution in [3.05, 3.63) is 60.2 Å². The quantitative estimate of drug-likeness (QED) is 0.582. The van der Waals surface area contributed by atoms with Crippen LogP contribution in [-0.2, 0) is 6.42 Å². The lowest BCUT2D eigenvalue weighted by atomic mass is 10.1. The van der Waals surface area contributed by atoms with Crippen LogP contribution in [0.4, 0.5) is 16.3 Å². The molecule has 1 fully saturated rings. The van der Waals surface area contributed by atoms with Gasteiger partial charge in [-0.25, -0.2) is 4.79 Å². The summed E-state index contributed by atoms with van der Waals surface area (Å²) in [7, 11) is 0. The summed E-state index contributed by atoms with van der Waals surface area (Å²) in [4.78, 5) is 16.7. The van der Waals surface area contributed by atoms with E-state index in [0.29, 0.717) is 26.2 Å². The van der Waals surface area contributed by atoms with Gasteiger partial charge in [0.1, 0.15) is 0 Å². The zero-order valence-electron chi connectivity index (χ0n) is 19.4. The van der Waals surface area contributed by atoms with Crippen molar-refractivity contribution in [2.24, 2.45) is 0 Å². The molecule has 0 spiro atoms. The van der Waals surface area contributed by atoms with Crippen LogP contribution in [0.1, 0.15) is 25.3 Å². The van der Waals surface area contributed by atoms with Gasteiger partial charge in [0, 0.05) is 37.4 Å². The van der Waals surface area contributed by atoms with E-state index in [1.54, 1.807) is 0 Å². The van der Waals surface area contributed by atoms with Crippen molar-refractivity contribution in [1.82, 2.24) is 15.1 Å². The van der Waals surface area contributed by atoms with E-state index in [1.807, 2.05) is 47.4 Å². The SMILES string of the molecule is CCCCc1ccc(NC(=O)N2CCN(c3ccc(-c4ccc5c(c4)OCO5)nn3)CC2)cc1. The number of carbonyl (C=O) groups is 1. The van der Waals surface area contributed by atoms with Gasteiger partial charge < -0.3 is 24.6 Å². The number of ether oxygens (including phenoxy) is 2. The molecule has 34 heavy (non-hydrogen) atoms. The molecular formula is C26H29N5O3. The molecule has 0 aliphatic carbocycles. The van der Waals surface area contributed by atoms with Crippen LogP contribution in [0.5, 0.6) is 11.5 Å². The van der Waals surface area contributed by atoms with E-state index in [-0.39, 0.29) is 12.8 Å². The number of carbonyl (C=O) groups excluding carboxylic acids is 1. The second-order valence-corrected chi connectivity index (χ2v) is 8.55. The summed E-state index contributed by atoms with van der Waals surface area (Å²) in [6.45, 7) is 5.12. The smallest absolute Gasteiger partial charge is 0.321 e. The van der Waals surface area contributed by atoms with E-state index in [4.69, 9.17) is 9.47 Å². The Labute approximate surface area is 199 Å². The number of aromatic nitrogens is 2. The number of amides is 2. The van der Waals surface area contributed by atoms with Gasteiger partial charge in [0.05, 0.1) is 5.69 Å². The summed E-state index contributed by atoms with van der Waals surface area (Å²) in [5, 5.41) is 11.8. The average Bonchev–Trinajstić information content (AvgIpc) is 3.36. The van der Waals surface area contributed by atoms with Crippen molar-refractivity contribution in [1.29, 1.82) is 0 Å². The fourth-order valence-corrected chi connectivity index (χ4v) is 4.18. The molecule has 2 aliphatic rings. The number of anilines is 2. The number of benzene rings is 2. The topological polar surface area (TPSA) is 79.8 Å². The normalized spacial score (nSPS) is 14.9. The van der Waals surface area contributed by atoms with Gasteiger partial charge in [0.15, 0.2) is 17.3 Å². The molecule has 0 unspecified atom stereocenters. The first-order valence-corrected chi connectivity index (χ1v) is 11.8. The molecule has 1 aromatic heterocycles. The molecule has 2 aromatic carbocycles. The number of hydrogen-bond donors (Lipinski definition) is 1. The maximum atomic E-state index is 12.7. The molecule has 1 saturated heterocycles. The minimum absolute atomic E-state index is 0.0646. The molecule has 8 nitrogen and oxygen atoms in total. The molecule has 3 heterocycles. The molecule has 176 valence electrons. The summed E-state index contributed by atoms with van der Waals surface area (Å²) in [6, 6.07) is 17.8. The van der Waals surface area contributed by atoms with Crippen LogP contribution in [0, 0.1) is 0 Å². The lowest BCUT2D eigenvalue weighted by molar-refractivity contribution is 0.174. The first-order chi connectivity index (χ1) is 16.7. The largest absolute Gasteiger partial charge is 0.454 e. The van der Waals surface area contributed by atoms with Crippen molar-refractivity contribution in [3.63, 3.8) is 0 Å². The Morgan fingerprint density at radius 3 is 2.47 bits per heavy atom. The van der Waals surface area contributed by atoms with E-state index in [0.717, 1.165) is 40.7 Å². The third kappa shape index (κ3) is 4.90. The molecule has 0 atom stereocenters. The number of fused-ring (bicyclic) bond motifs is 1. The molecule has 5 rings (SSSR count). The number of piperazine rings is 1. The van der Waals surface area contributed by atoms with E-state index < -0.39 is 0 Å². The number of rotatable bonds is 6. The molecule has 1 N–H and O–H groups in total. The Morgan fingerprint density at radius 1 is 0.941 bits per heavy atom. The summed E-state index contributed by atoms with van der Waals surface area (Å²) >= 11 is 0. The minimum Gasteiger partial charge on any atom is -0.454 e. The van der Waals surface area contributed by atoms with Crippen molar-refractivity contribution >= 4 is 17.5 Å². The Hall–Kier alpha value is -3.81. The van der Waals surface area contributed by atoms with Gasteiger partial charge in [-0.15, -0.1) is 10.2 Å². The van der Waals surface area contributed by atoms with Crippen LogP contribution in [0.3, 0.4) is 0 Å². The van der Waals surface area contributed by atoms with Crippen molar-refractivity contribution in [3.8, 4) is 22.8 Å². The molecule has 2 aliphatic heterocycles. The van der Waals surface area contributed by atoms with Gasteiger partial charge in [-0.1, -0.05) is 25.5 Å². The standard InChI is InChI=1S/C26H29N5O3/c1-2-3-4-19-5-8-21(9-6-19)27-26(32)31-15-13-30(14-16-31)25-12-10-22(28-29-25)20-7-11-23-24(17-20)34-18-33-23/h5-12,17H,2-4,13-16,18H2,1H3,(H,27,32). The number of hydrogen-bond acceptors (Lipinski definition) is 6. The van der Waals surface area contributed by atoms with Crippen LogP contribution < -0.4 is 19.7 Å². The van der Waals surface area contributed by atoms with Gasteiger partial charge >= 0.3 is 6.03 Å². The minimum atomic E-state index is -0.0646. The highest BCUT2D eigenvalue weighted by Crippen LogP contribution is 2.35. The Balaban J connectivity index is 1.14. The highest BCUT2D eigenvalue weighted by atomic mass is 16.7. The number of unbranched alkanes of at least 4 members (excludes halogenated alkanes) is 1. The first kappa shape index (κ1) is 22.0. The summed E-state index contributed by atoms with van der Waals surface area (Å²) in [5.74, 6) is 2.29. The maximum absolute atomic E-state index is 12.7. The van der Waals surface area contributed by atoms with Crippen LogP contribution in [0.25, 0.3) is 11.3 Å².